The molecule has 0 fully saturated rings. The largest absolute Gasteiger partial charge is 0.496 e. The van der Waals surface area contributed by atoms with Crippen molar-refractivity contribution in [3.63, 3.8) is 0 Å². The van der Waals surface area contributed by atoms with Crippen molar-refractivity contribution in [2.75, 3.05) is 19.0 Å². The molecule has 1 heterocycles. The van der Waals surface area contributed by atoms with E-state index in [9.17, 15) is 14.7 Å². The summed E-state index contributed by atoms with van der Waals surface area (Å²) in [5.41, 5.74) is 2.08. The molecule has 0 unspecified atom stereocenters. The van der Waals surface area contributed by atoms with Crippen molar-refractivity contribution in [1.29, 1.82) is 0 Å². The average molecular weight is 409 g/mol. The van der Waals surface area contributed by atoms with E-state index < -0.39 is 5.97 Å². The van der Waals surface area contributed by atoms with E-state index in [2.05, 4.69) is 15.6 Å². The van der Waals surface area contributed by atoms with Crippen molar-refractivity contribution in [3.8, 4) is 17.2 Å². The normalized spacial score (nSPS) is 10.5. The van der Waals surface area contributed by atoms with E-state index in [4.69, 9.17) is 9.47 Å². The number of pyridine rings is 1. The Labute approximate surface area is 173 Å². The number of hydrogen-bond donors (Lipinski definition) is 3. The number of amides is 2. The van der Waals surface area contributed by atoms with Crippen LogP contribution in [0.2, 0.25) is 0 Å². The number of aromatic nitrogens is 1. The SMILES string of the molecule is CCCNC(=O)Nc1ccc(Oc2ccnc3cc(OC)c(C(=O)O)cc23)cc1C. The van der Waals surface area contributed by atoms with E-state index in [-0.39, 0.29) is 17.3 Å². The second-order valence-electron chi connectivity index (χ2n) is 6.64. The molecule has 8 heteroatoms. The molecule has 0 spiro atoms. The number of methoxy groups -OCH3 is 1. The van der Waals surface area contributed by atoms with Gasteiger partial charge in [0.15, 0.2) is 0 Å². The Balaban J connectivity index is 1.89. The van der Waals surface area contributed by atoms with E-state index >= 15 is 0 Å². The van der Waals surface area contributed by atoms with Gasteiger partial charge in [0.1, 0.15) is 22.8 Å². The standard InChI is InChI=1S/C22H23N3O5/c1-4-8-24-22(28)25-17-6-5-14(10-13(17)2)30-19-7-9-23-18-12-20(29-3)16(21(26)27)11-15(18)19/h5-7,9-12H,4,8H2,1-3H3,(H,26,27)(H2,24,25,28). The van der Waals surface area contributed by atoms with Crippen LogP contribution in [0.1, 0.15) is 29.3 Å². The number of urea groups is 1. The summed E-state index contributed by atoms with van der Waals surface area (Å²) in [6.45, 7) is 4.45. The highest BCUT2D eigenvalue weighted by molar-refractivity contribution is 5.98. The first kappa shape index (κ1) is 20.9. The smallest absolute Gasteiger partial charge is 0.339 e. The van der Waals surface area contributed by atoms with Crippen LogP contribution in [0.3, 0.4) is 0 Å². The van der Waals surface area contributed by atoms with Crippen LogP contribution in [0, 0.1) is 6.92 Å². The maximum atomic E-state index is 11.9. The minimum absolute atomic E-state index is 0.0247. The molecule has 3 aromatic rings. The van der Waals surface area contributed by atoms with Gasteiger partial charge in [0, 0.05) is 29.9 Å². The number of aryl methyl sites for hydroxylation is 1. The summed E-state index contributed by atoms with van der Waals surface area (Å²) in [5.74, 6) is 0.140. The minimum atomic E-state index is -1.10. The molecule has 30 heavy (non-hydrogen) atoms. The third-order valence-corrected chi connectivity index (χ3v) is 4.46. The topological polar surface area (TPSA) is 110 Å². The maximum Gasteiger partial charge on any atom is 0.339 e. The molecule has 0 aliphatic heterocycles. The first-order valence-corrected chi connectivity index (χ1v) is 9.46. The molecular weight excluding hydrogens is 386 g/mol. The molecule has 8 nitrogen and oxygen atoms in total. The zero-order chi connectivity index (χ0) is 21.7. The van der Waals surface area contributed by atoms with Crippen LogP contribution in [0.5, 0.6) is 17.2 Å². The molecule has 0 bridgehead atoms. The number of aromatic carboxylic acids is 1. The molecule has 2 aromatic carbocycles. The van der Waals surface area contributed by atoms with E-state index in [1.807, 2.05) is 13.8 Å². The number of nitrogens with zero attached hydrogens (tertiary/aromatic N) is 1. The number of carbonyl (C=O) groups is 2. The summed E-state index contributed by atoms with van der Waals surface area (Å²) in [6.07, 6.45) is 2.44. The zero-order valence-electron chi connectivity index (χ0n) is 17.0. The second kappa shape index (κ2) is 9.13. The van der Waals surface area contributed by atoms with Crippen molar-refractivity contribution >= 4 is 28.6 Å². The minimum Gasteiger partial charge on any atom is -0.496 e. The summed E-state index contributed by atoms with van der Waals surface area (Å²) in [4.78, 5) is 27.7. The fourth-order valence-electron chi connectivity index (χ4n) is 2.95. The number of anilines is 1. The Morgan fingerprint density at radius 2 is 1.93 bits per heavy atom. The number of hydrogen-bond acceptors (Lipinski definition) is 5. The number of nitrogens with one attached hydrogen (secondary N) is 2. The number of benzene rings is 2. The van der Waals surface area contributed by atoms with Gasteiger partial charge >= 0.3 is 12.0 Å². The first-order valence-electron chi connectivity index (χ1n) is 9.46. The Morgan fingerprint density at radius 1 is 1.13 bits per heavy atom. The van der Waals surface area contributed by atoms with Gasteiger partial charge < -0.3 is 25.2 Å². The molecule has 0 atom stereocenters. The predicted molar refractivity (Wildman–Crippen MR) is 114 cm³/mol. The molecule has 1 aromatic heterocycles. The average Bonchev–Trinajstić information content (AvgIpc) is 2.73. The summed E-state index contributed by atoms with van der Waals surface area (Å²) in [7, 11) is 1.41. The number of fused-ring (bicyclic) bond motifs is 1. The Morgan fingerprint density at radius 3 is 2.60 bits per heavy atom. The highest BCUT2D eigenvalue weighted by atomic mass is 16.5. The highest BCUT2D eigenvalue weighted by Crippen LogP contribution is 2.34. The lowest BCUT2D eigenvalue weighted by molar-refractivity contribution is 0.0693. The van der Waals surface area contributed by atoms with Crippen LogP contribution in [0.15, 0.2) is 42.6 Å². The first-order chi connectivity index (χ1) is 14.4. The van der Waals surface area contributed by atoms with E-state index in [1.54, 1.807) is 36.5 Å². The molecule has 0 aliphatic rings. The van der Waals surface area contributed by atoms with Crippen molar-refractivity contribution in [1.82, 2.24) is 10.3 Å². The van der Waals surface area contributed by atoms with Crippen LogP contribution in [-0.2, 0) is 0 Å². The predicted octanol–water partition coefficient (Wildman–Crippen LogP) is 4.57. The summed E-state index contributed by atoms with van der Waals surface area (Å²) < 4.78 is 11.2. The molecule has 3 N–H and O–H groups in total. The molecule has 0 saturated carbocycles. The second-order valence-corrected chi connectivity index (χ2v) is 6.64. The van der Waals surface area contributed by atoms with Gasteiger partial charge in [-0.1, -0.05) is 6.92 Å². The lowest BCUT2D eigenvalue weighted by atomic mass is 10.1. The third-order valence-electron chi connectivity index (χ3n) is 4.46. The summed E-state index contributed by atoms with van der Waals surface area (Å²) in [6, 6.07) is 9.74. The summed E-state index contributed by atoms with van der Waals surface area (Å²) in [5, 5.41) is 15.6. The molecule has 156 valence electrons. The number of ether oxygens (including phenoxy) is 2. The molecule has 0 saturated heterocycles. The van der Waals surface area contributed by atoms with Crippen LogP contribution >= 0.6 is 0 Å². The van der Waals surface area contributed by atoms with E-state index in [0.29, 0.717) is 34.6 Å². The van der Waals surface area contributed by atoms with Crippen molar-refractivity contribution < 1.29 is 24.2 Å². The fraction of sp³-hybridized carbons (Fsp3) is 0.227. The van der Waals surface area contributed by atoms with Gasteiger partial charge in [-0.2, -0.15) is 0 Å². The highest BCUT2D eigenvalue weighted by Gasteiger charge is 2.16. The van der Waals surface area contributed by atoms with Gasteiger partial charge in [0.25, 0.3) is 0 Å². The third kappa shape index (κ3) is 4.60. The van der Waals surface area contributed by atoms with Crippen LogP contribution in [0.25, 0.3) is 10.9 Å². The fourth-order valence-corrected chi connectivity index (χ4v) is 2.95. The molecule has 0 radical (unpaired) electrons. The lowest BCUT2D eigenvalue weighted by Gasteiger charge is -2.13. The van der Waals surface area contributed by atoms with Crippen LogP contribution < -0.4 is 20.1 Å². The van der Waals surface area contributed by atoms with Gasteiger partial charge in [-0.25, -0.2) is 9.59 Å². The summed E-state index contributed by atoms with van der Waals surface area (Å²) >= 11 is 0. The van der Waals surface area contributed by atoms with Crippen LogP contribution in [0.4, 0.5) is 10.5 Å². The molecule has 0 aliphatic carbocycles. The molecule has 2 amide bonds. The van der Waals surface area contributed by atoms with Gasteiger partial charge in [0.2, 0.25) is 0 Å². The van der Waals surface area contributed by atoms with Crippen molar-refractivity contribution in [3.05, 3.63) is 53.7 Å². The monoisotopic (exact) mass is 409 g/mol. The molecule has 3 rings (SSSR count). The zero-order valence-corrected chi connectivity index (χ0v) is 17.0. The molecular formula is C22H23N3O5. The van der Waals surface area contributed by atoms with Gasteiger partial charge in [-0.05, 0) is 49.2 Å². The number of carboxylic acid groups (broad SMARTS) is 1. The maximum absolute atomic E-state index is 11.9. The van der Waals surface area contributed by atoms with E-state index in [1.165, 1.54) is 13.2 Å². The number of carboxylic acids is 1. The van der Waals surface area contributed by atoms with Crippen LogP contribution in [-0.4, -0.2) is 35.7 Å². The van der Waals surface area contributed by atoms with Gasteiger partial charge in [-0.15, -0.1) is 0 Å². The Bertz CT molecular complexity index is 1100. The number of rotatable bonds is 7. The Kier molecular flexibility index (Phi) is 6.36. The van der Waals surface area contributed by atoms with Gasteiger partial charge in [-0.3, -0.25) is 4.98 Å². The number of carbonyl (C=O) groups excluding carboxylic acids is 1. The van der Waals surface area contributed by atoms with E-state index in [0.717, 1.165) is 12.0 Å². The van der Waals surface area contributed by atoms with Crippen molar-refractivity contribution in [2.24, 2.45) is 0 Å². The Hall–Kier alpha value is -3.81. The van der Waals surface area contributed by atoms with Gasteiger partial charge in [0.05, 0.1) is 12.6 Å². The quantitative estimate of drug-likeness (QED) is 0.527. The lowest BCUT2D eigenvalue weighted by Crippen LogP contribution is -2.29. The van der Waals surface area contributed by atoms with Crippen molar-refractivity contribution in [2.45, 2.75) is 20.3 Å².